The number of nitrogens with zero attached hydrogens (tertiary/aromatic N) is 1. The third kappa shape index (κ3) is 55.9. The Morgan fingerprint density at radius 1 is 0.419 bits per heavy atom. The lowest BCUT2D eigenvalue weighted by Gasteiger charge is -2.25. The SMILES string of the molecule is CC/C=C\C/C=C\C/C=C\C/C=C\C/C=C\C/C=C\C/C=C\C/C=C\CCCCC(=O)OC(COC(=O)CCCCCCCCCCCCCCCCCCCCCCCC)COC(OCC[N+](C)(C)C)C(=O)O. The molecule has 1 N–H and O–H groups in total. The second-order valence-electron chi connectivity index (χ2n) is 20.9. The van der Waals surface area contributed by atoms with E-state index in [9.17, 15) is 19.5 Å². The molecule has 9 nitrogen and oxygen atoms in total. The maximum Gasteiger partial charge on any atom is 0.361 e. The molecule has 0 aliphatic heterocycles. The van der Waals surface area contributed by atoms with E-state index in [1.807, 2.05) is 21.1 Å². The average Bonchev–Trinajstić information content (AvgIpc) is 3.37. The average molecular weight is 1040 g/mol. The number of hydrogen-bond donors (Lipinski definition) is 1. The van der Waals surface area contributed by atoms with Crippen LogP contribution in [0.1, 0.15) is 239 Å². The van der Waals surface area contributed by atoms with E-state index < -0.39 is 24.3 Å². The van der Waals surface area contributed by atoms with Crippen molar-refractivity contribution >= 4 is 17.9 Å². The third-order valence-corrected chi connectivity index (χ3v) is 12.6. The number of ether oxygens (including phenoxy) is 4. The summed E-state index contributed by atoms with van der Waals surface area (Å²) in [7, 11) is 5.95. The molecule has 0 spiro atoms. The molecule has 0 aromatic heterocycles. The van der Waals surface area contributed by atoms with Crippen molar-refractivity contribution in [2.75, 3.05) is 47.5 Å². The predicted octanol–water partition coefficient (Wildman–Crippen LogP) is 17.7. The Morgan fingerprint density at radius 2 is 0.770 bits per heavy atom. The molecule has 0 amide bonds. The van der Waals surface area contributed by atoms with Crippen LogP contribution in [0.15, 0.2) is 97.2 Å². The zero-order valence-corrected chi connectivity index (χ0v) is 48.2. The Balaban J connectivity index is 4.34. The molecule has 0 rings (SSSR count). The van der Waals surface area contributed by atoms with Gasteiger partial charge in [0.1, 0.15) is 13.2 Å². The van der Waals surface area contributed by atoms with Gasteiger partial charge >= 0.3 is 17.9 Å². The number of quaternary nitrogens is 1. The first-order valence-corrected chi connectivity index (χ1v) is 29.9. The van der Waals surface area contributed by atoms with Gasteiger partial charge < -0.3 is 28.5 Å². The summed E-state index contributed by atoms with van der Waals surface area (Å²) in [5, 5.41) is 9.71. The lowest BCUT2D eigenvalue weighted by molar-refractivity contribution is -0.870. The summed E-state index contributed by atoms with van der Waals surface area (Å²) in [6, 6.07) is 0. The highest BCUT2D eigenvalue weighted by Crippen LogP contribution is 2.16. The lowest BCUT2D eigenvalue weighted by Crippen LogP contribution is -2.40. The predicted molar refractivity (Wildman–Crippen MR) is 313 cm³/mol. The summed E-state index contributed by atoms with van der Waals surface area (Å²) < 4.78 is 22.8. The van der Waals surface area contributed by atoms with Crippen LogP contribution in [0.2, 0.25) is 0 Å². The van der Waals surface area contributed by atoms with E-state index in [0.29, 0.717) is 23.9 Å². The van der Waals surface area contributed by atoms with Gasteiger partial charge in [-0.2, -0.15) is 0 Å². The molecule has 0 aromatic carbocycles. The molecule has 424 valence electrons. The van der Waals surface area contributed by atoms with Gasteiger partial charge in [0.05, 0.1) is 34.4 Å². The van der Waals surface area contributed by atoms with Gasteiger partial charge in [0.2, 0.25) is 0 Å². The normalized spacial score (nSPS) is 13.5. The molecule has 0 heterocycles. The fourth-order valence-corrected chi connectivity index (χ4v) is 8.03. The fourth-order valence-electron chi connectivity index (χ4n) is 8.03. The summed E-state index contributed by atoms with van der Waals surface area (Å²) in [5.74, 6) is -2.07. The van der Waals surface area contributed by atoms with Crippen LogP contribution < -0.4 is 0 Å². The number of likely N-dealkylation sites (N-methyl/N-ethyl adjacent to an activating group) is 1. The van der Waals surface area contributed by atoms with Crippen LogP contribution in [0.5, 0.6) is 0 Å². The first-order valence-electron chi connectivity index (χ1n) is 29.9. The lowest BCUT2D eigenvalue weighted by atomic mass is 10.0. The summed E-state index contributed by atoms with van der Waals surface area (Å²) in [6.45, 7) is 4.73. The van der Waals surface area contributed by atoms with Crippen molar-refractivity contribution in [2.24, 2.45) is 0 Å². The van der Waals surface area contributed by atoms with Crippen LogP contribution in [0, 0.1) is 0 Å². The van der Waals surface area contributed by atoms with E-state index in [4.69, 9.17) is 18.9 Å². The van der Waals surface area contributed by atoms with Crippen molar-refractivity contribution in [1.29, 1.82) is 0 Å². The van der Waals surface area contributed by atoms with Gasteiger partial charge in [-0.25, -0.2) is 4.79 Å². The Bertz CT molecular complexity index is 1530. The van der Waals surface area contributed by atoms with Gasteiger partial charge in [0.15, 0.2) is 6.10 Å². The molecule has 0 fully saturated rings. The molecule has 2 atom stereocenters. The number of carbonyl (C=O) groups is 3. The molecular formula is C65H112NO8+. The molecule has 0 radical (unpaired) electrons. The number of allylic oxidation sites excluding steroid dienone is 16. The van der Waals surface area contributed by atoms with Crippen LogP contribution in [0.25, 0.3) is 0 Å². The van der Waals surface area contributed by atoms with Crippen molar-refractivity contribution in [2.45, 2.75) is 251 Å². The minimum Gasteiger partial charge on any atom is -0.477 e. The van der Waals surface area contributed by atoms with Gasteiger partial charge in [-0.1, -0.05) is 246 Å². The topological polar surface area (TPSA) is 108 Å². The van der Waals surface area contributed by atoms with Crippen LogP contribution in [-0.2, 0) is 33.3 Å². The van der Waals surface area contributed by atoms with Crippen molar-refractivity contribution in [3.8, 4) is 0 Å². The highest BCUT2D eigenvalue weighted by Gasteiger charge is 2.25. The number of carboxylic acid groups (broad SMARTS) is 1. The highest BCUT2D eigenvalue weighted by molar-refractivity contribution is 5.71. The molecule has 0 aliphatic rings. The smallest absolute Gasteiger partial charge is 0.361 e. The van der Waals surface area contributed by atoms with Gasteiger partial charge in [-0.3, -0.25) is 9.59 Å². The van der Waals surface area contributed by atoms with Crippen LogP contribution in [0.4, 0.5) is 0 Å². The fraction of sp³-hybridized carbons (Fsp3) is 0.708. The molecule has 9 heteroatoms. The second-order valence-corrected chi connectivity index (χ2v) is 20.9. The molecule has 0 aliphatic carbocycles. The molecule has 0 bridgehead atoms. The summed E-state index contributed by atoms with van der Waals surface area (Å²) in [6.07, 6.45) is 72.1. The number of carboxylic acids is 1. The van der Waals surface area contributed by atoms with Crippen molar-refractivity contribution in [1.82, 2.24) is 0 Å². The van der Waals surface area contributed by atoms with Crippen molar-refractivity contribution < 1.29 is 42.9 Å². The minimum atomic E-state index is -1.53. The summed E-state index contributed by atoms with van der Waals surface area (Å²) in [5.41, 5.74) is 0. The van der Waals surface area contributed by atoms with Gasteiger partial charge in [-0.05, 0) is 77.0 Å². The largest absolute Gasteiger partial charge is 0.477 e. The first-order chi connectivity index (χ1) is 36.1. The summed E-state index contributed by atoms with van der Waals surface area (Å²) >= 11 is 0. The number of esters is 2. The van der Waals surface area contributed by atoms with Crippen LogP contribution >= 0.6 is 0 Å². The van der Waals surface area contributed by atoms with E-state index in [2.05, 4.69) is 111 Å². The van der Waals surface area contributed by atoms with Crippen molar-refractivity contribution in [3.63, 3.8) is 0 Å². The number of aliphatic carboxylic acids is 1. The van der Waals surface area contributed by atoms with E-state index in [1.165, 1.54) is 122 Å². The number of rotatable bonds is 54. The molecule has 74 heavy (non-hydrogen) atoms. The van der Waals surface area contributed by atoms with E-state index in [1.54, 1.807) is 0 Å². The van der Waals surface area contributed by atoms with Crippen LogP contribution in [0.3, 0.4) is 0 Å². The molecule has 2 unspecified atom stereocenters. The number of hydrogen-bond acceptors (Lipinski definition) is 7. The molecule has 0 saturated heterocycles. The first kappa shape index (κ1) is 70.2. The molecule has 0 aromatic rings. The second kappa shape index (κ2) is 55.4. The molecule has 0 saturated carbocycles. The quantitative estimate of drug-likeness (QED) is 0.0211. The number of carbonyl (C=O) groups excluding carboxylic acids is 2. The summed E-state index contributed by atoms with van der Waals surface area (Å²) in [4.78, 5) is 37.4. The molecular weight excluding hydrogens is 923 g/mol. The van der Waals surface area contributed by atoms with Crippen LogP contribution in [-0.4, -0.2) is 87.4 Å². The zero-order valence-electron chi connectivity index (χ0n) is 48.2. The Morgan fingerprint density at radius 3 is 1.15 bits per heavy atom. The zero-order chi connectivity index (χ0) is 54.1. The van der Waals surface area contributed by atoms with E-state index in [-0.39, 0.29) is 32.2 Å². The third-order valence-electron chi connectivity index (χ3n) is 12.6. The Kier molecular flexibility index (Phi) is 52.6. The Labute approximate surface area is 454 Å². The standard InChI is InChI=1S/C65H111NO8/c1-6-8-10-12-14-16-18-20-22-24-26-28-30-31-32-33-34-36-38-40-42-44-46-48-50-52-54-56-63(68)74-61(60-73-65(64(69)70)71-58-57-66(3,4)5)59-72-62(67)55-53-51-49-47-45-43-41-39-37-35-29-27-25-23-21-19-17-15-13-11-9-7-2/h8,10,14,16,20,22,26,28,31-32,34,36,40,42,46,48,61,65H,6-7,9,11-13,15,17-19,21,23-25,27,29-30,33,35,37-39,41,43-45,47,49-60H2,1-5H3/p+1/b10-8-,16-14-,22-20-,28-26-,32-31-,36-34-,42-40-,48-46-. The van der Waals surface area contributed by atoms with Gasteiger partial charge in [-0.15, -0.1) is 0 Å². The number of unbranched alkanes of at least 4 members (excludes halogenated alkanes) is 23. The highest BCUT2D eigenvalue weighted by atomic mass is 16.7. The van der Waals surface area contributed by atoms with Gasteiger partial charge in [0, 0.05) is 12.8 Å². The maximum atomic E-state index is 12.9. The minimum absolute atomic E-state index is 0.175. The van der Waals surface area contributed by atoms with Crippen molar-refractivity contribution in [3.05, 3.63) is 97.2 Å². The van der Waals surface area contributed by atoms with E-state index in [0.717, 1.165) is 83.5 Å². The Hall–Kier alpha value is -3.79. The monoisotopic (exact) mass is 1030 g/mol. The van der Waals surface area contributed by atoms with E-state index >= 15 is 0 Å². The van der Waals surface area contributed by atoms with Gasteiger partial charge in [0.25, 0.3) is 6.29 Å². The maximum absolute atomic E-state index is 12.9.